The first-order valence-electron chi connectivity index (χ1n) is 6.68. The highest BCUT2D eigenvalue weighted by molar-refractivity contribution is 7.80. The fourth-order valence-electron chi connectivity index (χ4n) is 1.94. The number of hydrogen-bond acceptors (Lipinski definition) is 2. The van der Waals surface area contributed by atoms with Gasteiger partial charge in [-0.25, -0.2) is 0 Å². The maximum atomic E-state index is 5.21. The number of nitrogens with one attached hydrogen (secondary N) is 2. The van der Waals surface area contributed by atoms with Crippen molar-refractivity contribution in [2.24, 2.45) is 0 Å². The Morgan fingerprint density at radius 1 is 1.40 bits per heavy atom. The minimum absolute atomic E-state index is 0.317. The third kappa shape index (κ3) is 4.35. The predicted molar refractivity (Wildman–Crippen MR) is 87.0 cm³/mol. The van der Waals surface area contributed by atoms with Gasteiger partial charge in [0, 0.05) is 12.2 Å². The van der Waals surface area contributed by atoms with Gasteiger partial charge in [-0.2, -0.15) is 5.10 Å². The van der Waals surface area contributed by atoms with Crippen molar-refractivity contribution in [3.63, 3.8) is 0 Å². The molecule has 20 heavy (non-hydrogen) atoms. The lowest BCUT2D eigenvalue weighted by atomic mass is 10.1. The number of nitrogens with zero attached hydrogens (tertiary/aromatic N) is 2. The fourth-order valence-corrected chi connectivity index (χ4v) is 2.30. The van der Waals surface area contributed by atoms with Crippen LogP contribution in [0.2, 0.25) is 0 Å². The van der Waals surface area contributed by atoms with Gasteiger partial charge in [-0.1, -0.05) is 29.8 Å². The van der Waals surface area contributed by atoms with Crippen molar-refractivity contribution in [1.29, 1.82) is 0 Å². The quantitative estimate of drug-likeness (QED) is 0.849. The summed E-state index contributed by atoms with van der Waals surface area (Å²) in [5.74, 6) is 0. The third-order valence-corrected chi connectivity index (χ3v) is 2.96. The van der Waals surface area contributed by atoms with Crippen LogP contribution >= 0.6 is 12.2 Å². The highest BCUT2D eigenvalue weighted by Crippen LogP contribution is 2.09. The summed E-state index contributed by atoms with van der Waals surface area (Å²) in [6.07, 6.45) is 3.74. The summed E-state index contributed by atoms with van der Waals surface area (Å²) >= 11 is 5.21. The number of aromatic nitrogens is 2. The maximum absolute atomic E-state index is 5.21. The van der Waals surface area contributed by atoms with Gasteiger partial charge in [0.25, 0.3) is 0 Å². The van der Waals surface area contributed by atoms with Gasteiger partial charge in [-0.3, -0.25) is 4.68 Å². The average molecular weight is 288 g/mol. The van der Waals surface area contributed by atoms with E-state index in [9.17, 15) is 0 Å². The van der Waals surface area contributed by atoms with Crippen LogP contribution in [0.15, 0.2) is 36.7 Å². The molecule has 0 aliphatic heterocycles. The molecule has 0 bridgehead atoms. The Labute approximate surface area is 125 Å². The SMILES string of the molecule is Cc1cccc(Cn2cc(NC(=S)NC(C)C)cn2)c1. The molecule has 1 aromatic carbocycles. The minimum Gasteiger partial charge on any atom is -0.360 e. The van der Waals surface area contributed by atoms with Crippen LogP contribution in [-0.2, 0) is 6.54 Å². The number of anilines is 1. The summed E-state index contributed by atoms with van der Waals surface area (Å²) in [5, 5.41) is 11.2. The van der Waals surface area contributed by atoms with Crippen LogP contribution in [0.25, 0.3) is 0 Å². The van der Waals surface area contributed by atoms with E-state index in [2.05, 4.69) is 60.8 Å². The van der Waals surface area contributed by atoms with E-state index >= 15 is 0 Å². The molecule has 106 valence electrons. The lowest BCUT2D eigenvalue weighted by Gasteiger charge is -2.11. The first-order valence-corrected chi connectivity index (χ1v) is 7.09. The van der Waals surface area contributed by atoms with Crippen molar-refractivity contribution in [2.45, 2.75) is 33.4 Å². The molecule has 0 unspecified atom stereocenters. The van der Waals surface area contributed by atoms with Gasteiger partial charge in [0.05, 0.1) is 18.4 Å². The summed E-state index contributed by atoms with van der Waals surface area (Å²) in [5.41, 5.74) is 3.40. The standard InChI is InChI=1S/C15H20N4S/c1-11(2)17-15(20)18-14-8-16-19(10-14)9-13-6-4-5-12(3)7-13/h4-8,10-11H,9H2,1-3H3,(H2,17,18,20). The molecule has 4 nitrogen and oxygen atoms in total. The van der Waals surface area contributed by atoms with Crippen LogP contribution < -0.4 is 10.6 Å². The Morgan fingerprint density at radius 3 is 2.90 bits per heavy atom. The van der Waals surface area contributed by atoms with Crippen molar-refractivity contribution >= 4 is 23.0 Å². The summed E-state index contributed by atoms with van der Waals surface area (Å²) in [4.78, 5) is 0. The molecule has 0 saturated heterocycles. The second-order valence-electron chi connectivity index (χ2n) is 5.17. The second-order valence-corrected chi connectivity index (χ2v) is 5.58. The monoisotopic (exact) mass is 288 g/mol. The first kappa shape index (κ1) is 14.5. The minimum atomic E-state index is 0.317. The number of hydrogen-bond donors (Lipinski definition) is 2. The largest absolute Gasteiger partial charge is 0.360 e. The summed E-state index contributed by atoms with van der Waals surface area (Å²) in [6, 6.07) is 8.74. The van der Waals surface area contributed by atoms with Crippen LogP contribution in [0.4, 0.5) is 5.69 Å². The van der Waals surface area contributed by atoms with Gasteiger partial charge < -0.3 is 10.6 Å². The lowest BCUT2D eigenvalue weighted by Crippen LogP contribution is -2.33. The molecule has 5 heteroatoms. The van der Waals surface area contributed by atoms with Gasteiger partial charge in [-0.05, 0) is 38.6 Å². The first-order chi connectivity index (χ1) is 9.52. The molecule has 2 rings (SSSR count). The van der Waals surface area contributed by atoms with Crippen LogP contribution in [0, 0.1) is 6.92 Å². The summed E-state index contributed by atoms with van der Waals surface area (Å²) in [7, 11) is 0. The van der Waals surface area contributed by atoms with Crippen molar-refractivity contribution in [3.8, 4) is 0 Å². The molecule has 0 saturated carbocycles. The van der Waals surface area contributed by atoms with E-state index in [1.54, 1.807) is 6.20 Å². The Bertz CT molecular complexity index is 589. The topological polar surface area (TPSA) is 41.9 Å². The van der Waals surface area contributed by atoms with Gasteiger partial charge in [0.15, 0.2) is 5.11 Å². The van der Waals surface area contributed by atoms with Crippen molar-refractivity contribution in [3.05, 3.63) is 47.8 Å². The Morgan fingerprint density at radius 2 is 2.20 bits per heavy atom. The van der Waals surface area contributed by atoms with Crippen molar-refractivity contribution in [1.82, 2.24) is 15.1 Å². The predicted octanol–water partition coefficient (Wildman–Crippen LogP) is 2.93. The van der Waals surface area contributed by atoms with Crippen LogP contribution in [0.1, 0.15) is 25.0 Å². The van der Waals surface area contributed by atoms with Crippen LogP contribution in [0.3, 0.4) is 0 Å². The zero-order chi connectivity index (χ0) is 14.5. The van der Waals surface area contributed by atoms with Gasteiger partial charge in [0.2, 0.25) is 0 Å². The molecule has 1 heterocycles. The van der Waals surface area contributed by atoms with E-state index in [0.29, 0.717) is 11.2 Å². The van der Waals surface area contributed by atoms with Crippen LogP contribution in [0.5, 0.6) is 0 Å². The molecule has 2 aromatic rings. The van der Waals surface area contributed by atoms with E-state index in [1.807, 2.05) is 10.9 Å². The lowest BCUT2D eigenvalue weighted by molar-refractivity contribution is 0.686. The molecule has 0 aliphatic rings. The van der Waals surface area contributed by atoms with E-state index in [4.69, 9.17) is 12.2 Å². The molecule has 1 aromatic heterocycles. The Balaban J connectivity index is 1.97. The molecule has 2 N–H and O–H groups in total. The normalized spacial score (nSPS) is 10.6. The number of rotatable bonds is 4. The van der Waals surface area contributed by atoms with E-state index in [0.717, 1.165) is 12.2 Å². The highest BCUT2D eigenvalue weighted by atomic mass is 32.1. The van der Waals surface area contributed by atoms with E-state index < -0.39 is 0 Å². The average Bonchev–Trinajstić information content (AvgIpc) is 2.75. The van der Waals surface area contributed by atoms with Crippen molar-refractivity contribution < 1.29 is 0 Å². The number of benzene rings is 1. The molecular weight excluding hydrogens is 268 g/mol. The number of aryl methyl sites for hydroxylation is 1. The van der Waals surface area contributed by atoms with Crippen LogP contribution in [-0.4, -0.2) is 20.9 Å². The van der Waals surface area contributed by atoms with E-state index in [1.165, 1.54) is 11.1 Å². The Hall–Kier alpha value is -1.88. The summed E-state index contributed by atoms with van der Waals surface area (Å²) < 4.78 is 1.90. The molecule has 0 fully saturated rings. The van der Waals surface area contributed by atoms with Gasteiger partial charge >= 0.3 is 0 Å². The molecule has 0 amide bonds. The third-order valence-electron chi connectivity index (χ3n) is 2.74. The maximum Gasteiger partial charge on any atom is 0.171 e. The molecule has 0 aliphatic carbocycles. The smallest absolute Gasteiger partial charge is 0.171 e. The molecular formula is C15H20N4S. The highest BCUT2D eigenvalue weighted by Gasteiger charge is 2.03. The summed E-state index contributed by atoms with van der Waals surface area (Å²) in [6.45, 7) is 6.95. The van der Waals surface area contributed by atoms with Gasteiger partial charge in [-0.15, -0.1) is 0 Å². The molecule has 0 atom stereocenters. The zero-order valence-electron chi connectivity index (χ0n) is 12.1. The Kier molecular flexibility index (Phi) is 4.74. The zero-order valence-corrected chi connectivity index (χ0v) is 12.9. The molecule has 0 spiro atoms. The van der Waals surface area contributed by atoms with E-state index in [-0.39, 0.29) is 0 Å². The van der Waals surface area contributed by atoms with Gasteiger partial charge in [0.1, 0.15) is 0 Å². The molecule has 0 radical (unpaired) electrons. The second kappa shape index (κ2) is 6.52. The number of thiocarbonyl (C=S) groups is 1. The fraction of sp³-hybridized carbons (Fsp3) is 0.333. The van der Waals surface area contributed by atoms with Crippen molar-refractivity contribution in [2.75, 3.05) is 5.32 Å².